The van der Waals surface area contributed by atoms with Crippen LogP contribution in [0, 0.1) is 11.3 Å². The van der Waals surface area contributed by atoms with Gasteiger partial charge in [0.25, 0.3) is 0 Å². The summed E-state index contributed by atoms with van der Waals surface area (Å²) in [5, 5.41) is 28.4. The summed E-state index contributed by atoms with van der Waals surface area (Å²) in [5.41, 5.74) is -0.429. The van der Waals surface area contributed by atoms with Crippen LogP contribution in [-0.2, 0) is 9.47 Å². The number of ether oxygens (including phenoxy) is 2. The number of nitriles is 1. The number of aliphatic hydroxyl groups is 2. The van der Waals surface area contributed by atoms with Crippen LogP contribution in [0.4, 0.5) is 0 Å². The number of rotatable bonds is 2. The van der Waals surface area contributed by atoms with Gasteiger partial charge in [-0.15, -0.1) is 0 Å². The molecule has 1 aliphatic carbocycles. The number of fused-ring (bicyclic) bond motifs is 1. The quantitative estimate of drug-likeness (QED) is 0.748. The molecule has 1 spiro atoms. The van der Waals surface area contributed by atoms with Crippen LogP contribution in [0.25, 0.3) is 0 Å². The molecule has 2 aliphatic heterocycles. The highest BCUT2D eigenvalue weighted by molar-refractivity contribution is 5.09. The Morgan fingerprint density at radius 1 is 1.28 bits per heavy atom. The van der Waals surface area contributed by atoms with Gasteiger partial charge in [0.1, 0.15) is 6.10 Å². The molecule has 1 saturated carbocycles. The summed E-state index contributed by atoms with van der Waals surface area (Å²) < 4.78 is 12.0. The highest BCUT2D eigenvalue weighted by Gasteiger charge is 2.59. The Kier molecular flexibility index (Phi) is 3.07. The van der Waals surface area contributed by atoms with Crippen LogP contribution in [0.15, 0.2) is 0 Å². The van der Waals surface area contributed by atoms with Gasteiger partial charge >= 0.3 is 0 Å². The van der Waals surface area contributed by atoms with Gasteiger partial charge in [0.15, 0.2) is 0 Å². The molecular formula is C13H19NO4. The van der Waals surface area contributed by atoms with Gasteiger partial charge in [0, 0.05) is 19.3 Å². The second kappa shape index (κ2) is 4.46. The van der Waals surface area contributed by atoms with Crippen LogP contribution in [-0.4, -0.2) is 46.3 Å². The molecule has 2 saturated heterocycles. The van der Waals surface area contributed by atoms with Gasteiger partial charge in [0.05, 0.1) is 36.1 Å². The lowest BCUT2D eigenvalue weighted by molar-refractivity contribution is -0.178. The van der Waals surface area contributed by atoms with Crippen molar-refractivity contribution in [2.75, 3.05) is 0 Å². The molecule has 2 bridgehead atoms. The minimum atomic E-state index is -0.789. The molecule has 3 fully saturated rings. The first-order valence-corrected chi connectivity index (χ1v) is 6.71. The fourth-order valence-corrected chi connectivity index (χ4v) is 3.65. The van der Waals surface area contributed by atoms with E-state index in [2.05, 4.69) is 6.07 Å². The fraction of sp³-hybridized carbons (Fsp3) is 0.923. The van der Waals surface area contributed by atoms with Crippen molar-refractivity contribution in [1.82, 2.24) is 0 Å². The Hall–Kier alpha value is -0.670. The lowest BCUT2D eigenvalue weighted by Gasteiger charge is -2.44. The van der Waals surface area contributed by atoms with Crippen LogP contribution in [0.2, 0.25) is 0 Å². The molecule has 0 aromatic heterocycles. The zero-order valence-electron chi connectivity index (χ0n) is 10.3. The predicted octanol–water partition coefficient (Wildman–Crippen LogP) is 0.491. The summed E-state index contributed by atoms with van der Waals surface area (Å²) in [6.45, 7) is 0. The third-order valence-corrected chi connectivity index (χ3v) is 4.53. The van der Waals surface area contributed by atoms with Crippen molar-refractivity contribution < 1.29 is 19.7 Å². The Balaban J connectivity index is 1.74. The minimum absolute atomic E-state index is 0.00682. The molecule has 0 radical (unpaired) electrons. The molecule has 6 atom stereocenters. The van der Waals surface area contributed by atoms with Crippen LogP contribution >= 0.6 is 0 Å². The largest absolute Gasteiger partial charge is 0.390 e. The average Bonchev–Trinajstić information content (AvgIpc) is 2.68. The topological polar surface area (TPSA) is 82.7 Å². The van der Waals surface area contributed by atoms with Crippen molar-refractivity contribution in [2.24, 2.45) is 0 Å². The number of aliphatic hydroxyl groups excluding tert-OH is 2. The van der Waals surface area contributed by atoms with E-state index in [1.165, 1.54) is 0 Å². The van der Waals surface area contributed by atoms with E-state index in [1.54, 1.807) is 0 Å². The van der Waals surface area contributed by atoms with Gasteiger partial charge in [-0.2, -0.15) is 5.26 Å². The molecular weight excluding hydrogens is 234 g/mol. The zero-order valence-corrected chi connectivity index (χ0v) is 10.3. The van der Waals surface area contributed by atoms with Gasteiger partial charge in [-0.1, -0.05) is 0 Å². The highest BCUT2D eigenvalue weighted by Crippen LogP contribution is 2.49. The third kappa shape index (κ3) is 1.84. The van der Waals surface area contributed by atoms with E-state index < -0.39 is 17.8 Å². The Labute approximate surface area is 106 Å². The van der Waals surface area contributed by atoms with Crippen LogP contribution in [0.5, 0.6) is 0 Å². The molecule has 2 N–H and O–H groups in total. The van der Waals surface area contributed by atoms with Crippen molar-refractivity contribution in [3.8, 4) is 6.07 Å². The Morgan fingerprint density at radius 2 is 2.11 bits per heavy atom. The first kappa shape index (κ1) is 12.4. The molecule has 0 aromatic rings. The van der Waals surface area contributed by atoms with Gasteiger partial charge < -0.3 is 19.7 Å². The summed E-state index contributed by atoms with van der Waals surface area (Å²) in [6.07, 6.45) is 2.38. The maximum Gasteiger partial charge on any atom is 0.106 e. The van der Waals surface area contributed by atoms with E-state index in [9.17, 15) is 10.2 Å². The average molecular weight is 253 g/mol. The normalized spacial score (nSPS) is 50.6. The van der Waals surface area contributed by atoms with Crippen molar-refractivity contribution in [3.05, 3.63) is 0 Å². The number of hydrogen-bond acceptors (Lipinski definition) is 5. The third-order valence-electron chi connectivity index (χ3n) is 4.53. The molecule has 0 amide bonds. The molecule has 2 heterocycles. The number of nitrogens with zero attached hydrogens (tertiary/aromatic N) is 1. The highest BCUT2D eigenvalue weighted by atomic mass is 16.6. The lowest BCUT2D eigenvalue weighted by atomic mass is 9.76. The first-order chi connectivity index (χ1) is 8.64. The van der Waals surface area contributed by atoms with E-state index in [0.29, 0.717) is 19.3 Å². The maximum absolute atomic E-state index is 9.89. The van der Waals surface area contributed by atoms with Crippen LogP contribution in [0.1, 0.15) is 38.5 Å². The van der Waals surface area contributed by atoms with Crippen molar-refractivity contribution >= 4 is 0 Å². The molecule has 5 nitrogen and oxygen atoms in total. The summed E-state index contributed by atoms with van der Waals surface area (Å²) >= 11 is 0. The van der Waals surface area contributed by atoms with Crippen LogP contribution in [0.3, 0.4) is 0 Å². The van der Waals surface area contributed by atoms with Gasteiger partial charge in [0.2, 0.25) is 0 Å². The van der Waals surface area contributed by atoms with E-state index in [0.717, 1.165) is 19.3 Å². The van der Waals surface area contributed by atoms with E-state index in [-0.39, 0.29) is 18.3 Å². The van der Waals surface area contributed by atoms with Crippen LogP contribution < -0.4 is 0 Å². The molecule has 5 heteroatoms. The van der Waals surface area contributed by atoms with E-state index >= 15 is 0 Å². The monoisotopic (exact) mass is 253 g/mol. The summed E-state index contributed by atoms with van der Waals surface area (Å²) in [6, 6.07) is 2.14. The SMILES string of the molecule is N#CCC[C@H]1CC[C@@H]2O[C@@H]3C[C@]2(C[C@@H](O)[C@H]3O)O1. The molecule has 0 unspecified atom stereocenters. The summed E-state index contributed by atoms with van der Waals surface area (Å²) in [4.78, 5) is 0. The smallest absolute Gasteiger partial charge is 0.106 e. The van der Waals surface area contributed by atoms with Gasteiger partial charge in [-0.25, -0.2) is 0 Å². The van der Waals surface area contributed by atoms with Crippen molar-refractivity contribution in [1.29, 1.82) is 5.26 Å². The second-order valence-electron chi connectivity index (χ2n) is 5.71. The molecule has 3 aliphatic rings. The maximum atomic E-state index is 9.89. The predicted molar refractivity (Wildman–Crippen MR) is 61.6 cm³/mol. The lowest BCUT2D eigenvalue weighted by Crippen LogP contribution is -2.54. The van der Waals surface area contributed by atoms with Crippen molar-refractivity contribution in [3.63, 3.8) is 0 Å². The molecule has 0 aromatic carbocycles. The first-order valence-electron chi connectivity index (χ1n) is 6.71. The summed E-state index contributed by atoms with van der Waals surface area (Å²) in [7, 11) is 0. The van der Waals surface area contributed by atoms with Crippen molar-refractivity contribution in [2.45, 2.75) is 74.6 Å². The van der Waals surface area contributed by atoms with E-state index in [4.69, 9.17) is 14.7 Å². The zero-order chi connectivity index (χ0) is 12.8. The standard InChI is InChI=1S/C13H19NO4/c14-5-1-2-8-3-4-11-13(18-8)6-9(15)12(16)10(7-13)17-11/h8-12,15-16H,1-4,6-7H2/t8-,9+,10+,11-,12+,13-/m0/s1. The molecule has 3 rings (SSSR count). The molecule has 100 valence electrons. The minimum Gasteiger partial charge on any atom is -0.390 e. The second-order valence-corrected chi connectivity index (χ2v) is 5.71. The number of hydrogen-bond donors (Lipinski definition) is 2. The van der Waals surface area contributed by atoms with Gasteiger partial charge in [-0.05, 0) is 19.3 Å². The van der Waals surface area contributed by atoms with E-state index in [1.807, 2.05) is 0 Å². The Morgan fingerprint density at radius 3 is 2.89 bits per heavy atom. The van der Waals surface area contributed by atoms with Gasteiger partial charge in [-0.3, -0.25) is 0 Å². The fourth-order valence-electron chi connectivity index (χ4n) is 3.65. The molecule has 18 heavy (non-hydrogen) atoms. The Bertz CT molecular complexity index is 368. The summed E-state index contributed by atoms with van der Waals surface area (Å²) in [5.74, 6) is 0.